The van der Waals surface area contributed by atoms with E-state index in [9.17, 15) is 9.59 Å². The Morgan fingerprint density at radius 1 is 1.19 bits per heavy atom. The number of hydrogen-bond acceptors (Lipinski definition) is 5. The van der Waals surface area contributed by atoms with Crippen LogP contribution in [0.15, 0.2) is 10.7 Å². The van der Waals surface area contributed by atoms with Crippen LogP contribution in [0.3, 0.4) is 0 Å². The molecule has 2 amide bonds. The zero-order valence-electron chi connectivity index (χ0n) is 19.5. The normalized spacial score (nSPS) is 19.8. The fourth-order valence-corrected chi connectivity index (χ4v) is 5.29. The van der Waals surface area contributed by atoms with Gasteiger partial charge in [0.2, 0.25) is 5.91 Å². The van der Waals surface area contributed by atoms with Crippen molar-refractivity contribution < 1.29 is 14.1 Å². The molecule has 3 heterocycles. The third-order valence-electron chi connectivity index (χ3n) is 7.29. The van der Waals surface area contributed by atoms with E-state index in [1.54, 1.807) is 6.20 Å². The summed E-state index contributed by atoms with van der Waals surface area (Å²) < 4.78 is 5.22. The summed E-state index contributed by atoms with van der Waals surface area (Å²) in [5.74, 6) is 1.08. The minimum Gasteiger partial charge on any atom is -0.361 e. The zero-order valence-corrected chi connectivity index (χ0v) is 19.5. The van der Waals surface area contributed by atoms with Crippen molar-refractivity contribution in [1.29, 1.82) is 0 Å². The summed E-state index contributed by atoms with van der Waals surface area (Å²) in [6, 6.07) is 0.313. The second-order valence-corrected chi connectivity index (χ2v) is 9.39. The van der Waals surface area contributed by atoms with Gasteiger partial charge in [0.15, 0.2) is 0 Å². The molecule has 1 atom stereocenters. The van der Waals surface area contributed by atoms with E-state index in [0.29, 0.717) is 31.0 Å². The minimum atomic E-state index is 0.0440. The van der Waals surface area contributed by atoms with Crippen molar-refractivity contribution in [2.45, 2.75) is 83.6 Å². The van der Waals surface area contributed by atoms with Crippen molar-refractivity contribution in [2.75, 3.05) is 20.1 Å². The van der Waals surface area contributed by atoms with Gasteiger partial charge in [0.1, 0.15) is 5.76 Å². The lowest BCUT2D eigenvalue weighted by Crippen LogP contribution is -2.41. The van der Waals surface area contributed by atoms with Gasteiger partial charge < -0.3 is 14.3 Å². The number of amides is 2. The molecule has 8 nitrogen and oxygen atoms in total. The second-order valence-electron chi connectivity index (χ2n) is 9.39. The average Bonchev–Trinajstić information content (AvgIpc) is 3.44. The number of hydrogen-bond donors (Lipinski definition) is 1. The Morgan fingerprint density at radius 3 is 2.69 bits per heavy atom. The van der Waals surface area contributed by atoms with E-state index in [0.717, 1.165) is 54.9 Å². The van der Waals surface area contributed by atoms with E-state index in [1.165, 1.54) is 19.3 Å². The molecule has 2 aromatic heterocycles. The highest BCUT2D eigenvalue weighted by Gasteiger charge is 2.31. The summed E-state index contributed by atoms with van der Waals surface area (Å²) in [5.41, 5.74) is 3.42. The highest BCUT2D eigenvalue weighted by molar-refractivity contribution is 5.95. The minimum absolute atomic E-state index is 0.0440. The van der Waals surface area contributed by atoms with E-state index in [1.807, 2.05) is 30.7 Å². The lowest BCUT2D eigenvalue weighted by atomic mass is 9.91. The molecule has 1 aliphatic heterocycles. The van der Waals surface area contributed by atoms with Crippen LogP contribution in [-0.2, 0) is 11.2 Å². The largest absolute Gasteiger partial charge is 0.361 e. The van der Waals surface area contributed by atoms with Crippen LogP contribution in [0.4, 0.5) is 0 Å². The maximum Gasteiger partial charge on any atom is 0.257 e. The van der Waals surface area contributed by atoms with Gasteiger partial charge in [-0.25, -0.2) is 0 Å². The average molecular weight is 442 g/mol. The summed E-state index contributed by atoms with van der Waals surface area (Å²) in [6.45, 7) is 5.18. The molecule has 2 aromatic rings. The highest BCUT2D eigenvalue weighted by atomic mass is 16.5. The van der Waals surface area contributed by atoms with Gasteiger partial charge in [-0.3, -0.25) is 14.7 Å². The van der Waals surface area contributed by atoms with E-state index < -0.39 is 0 Å². The third-order valence-corrected chi connectivity index (χ3v) is 7.29. The fourth-order valence-electron chi connectivity index (χ4n) is 5.29. The molecule has 32 heavy (non-hydrogen) atoms. The molecule has 1 saturated carbocycles. The number of likely N-dealkylation sites (tertiary alicyclic amines) is 1. The standard InChI is InChI=1S/C24H35N5O3/c1-16-20(17(2)32-27-16)11-12-22(30)29-13-7-8-18(15-29)23-21(14-25-26-23)24(31)28(3)19-9-5-4-6-10-19/h14,18-19H,4-13,15H2,1-3H3,(H,25,26)/t18-/m1/s1. The molecule has 1 saturated heterocycles. The summed E-state index contributed by atoms with van der Waals surface area (Å²) in [6.07, 6.45) is 10.4. The predicted octanol–water partition coefficient (Wildman–Crippen LogP) is 3.76. The van der Waals surface area contributed by atoms with Gasteiger partial charge in [0.25, 0.3) is 5.91 Å². The lowest BCUT2D eigenvalue weighted by Gasteiger charge is -2.34. The molecular weight excluding hydrogens is 406 g/mol. The van der Waals surface area contributed by atoms with E-state index >= 15 is 0 Å². The van der Waals surface area contributed by atoms with Crippen molar-refractivity contribution in [3.63, 3.8) is 0 Å². The Labute approximate surface area is 189 Å². The summed E-state index contributed by atoms with van der Waals surface area (Å²) in [5, 5.41) is 11.3. The number of nitrogens with zero attached hydrogens (tertiary/aromatic N) is 4. The first-order chi connectivity index (χ1) is 15.5. The maximum atomic E-state index is 13.3. The van der Waals surface area contributed by atoms with Crippen molar-refractivity contribution in [3.05, 3.63) is 34.5 Å². The van der Waals surface area contributed by atoms with Gasteiger partial charge in [0, 0.05) is 44.1 Å². The molecule has 0 unspecified atom stereocenters. The van der Waals surface area contributed by atoms with Gasteiger partial charge in [0.05, 0.1) is 23.1 Å². The molecular formula is C24H35N5O3. The number of aromatic nitrogens is 3. The van der Waals surface area contributed by atoms with Crippen LogP contribution >= 0.6 is 0 Å². The SMILES string of the molecule is Cc1noc(C)c1CCC(=O)N1CCC[C@@H](c2[nH]ncc2C(=O)N(C)C2CCCCC2)C1. The van der Waals surface area contributed by atoms with Crippen LogP contribution in [-0.4, -0.2) is 63.1 Å². The number of aryl methyl sites for hydroxylation is 2. The Balaban J connectivity index is 1.40. The number of H-pyrrole nitrogens is 1. The number of nitrogens with one attached hydrogen (secondary N) is 1. The number of piperidine rings is 1. The Hall–Kier alpha value is -2.64. The molecule has 0 radical (unpaired) electrons. The van der Waals surface area contributed by atoms with Crippen LogP contribution in [0.25, 0.3) is 0 Å². The van der Waals surface area contributed by atoms with Crippen molar-refractivity contribution in [3.8, 4) is 0 Å². The molecule has 1 N–H and O–H groups in total. The number of rotatable bonds is 6. The Morgan fingerprint density at radius 2 is 1.97 bits per heavy atom. The molecule has 0 spiro atoms. The van der Waals surface area contributed by atoms with Crippen LogP contribution in [0.1, 0.15) is 90.4 Å². The first-order valence-electron chi connectivity index (χ1n) is 12.0. The summed E-state index contributed by atoms with van der Waals surface area (Å²) >= 11 is 0. The second kappa shape index (κ2) is 9.88. The number of carbonyl (C=O) groups is 2. The third kappa shape index (κ3) is 4.74. The molecule has 4 rings (SSSR count). The van der Waals surface area contributed by atoms with Gasteiger partial charge >= 0.3 is 0 Å². The topological polar surface area (TPSA) is 95.3 Å². The van der Waals surface area contributed by atoms with E-state index in [-0.39, 0.29) is 17.7 Å². The predicted molar refractivity (Wildman–Crippen MR) is 120 cm³/mol. The lowest BCUT2D eigenvalue weighted by molar-refractivity contribution is -0.132. The molecule has 0 bridgehead atoms. The molecule has 0 aromatic carbocycles. The van der Waals surface area contributed by atoms with Crippen molar-refractivity contribution in [2.24, 2.45) is 0 Å². The van der Waals surface area contributed by atoms with Crippen LogP contribution in [0.5, 0.6) is 0 Å². The van der Waals surface area contributed by atoms with Crippen LogP contribution < -0.4 is 0 Å². The smallest absolute Gasteiger partial charge is 0.257 e. The van der Waals surface area contributed by atoms with Crippen molar-refractivity contribution >= 4 is 11.8 Å². The van der Waals surface area contributed by atoms with Crippen LogP contribution in [0.2, 0.25) is 0 Å². The number of aromatic amines is 1. The number of carbonyl (C=O) groups excluding carboxylic acids is 2. The quantitative estimate of drug-likeness (QED) is 0.736. The Kier molecular flexibility index (Phi) is 6.96. The molecule has 174 valence electrons. The Bertz CT molecular complexity index is 924. The van der Waals surface area contributed by atoms with Gasteiger partial charge in [-0.1, -0.05) is 24.4 Å². The summed E-state index contributed by atoms with van der Waals surface area (Å²) in [4.78, 5) is 30.0. The van der Waals surface area contributed by atoms with Gasteiger partial charge in [-0.05, 0) is 46.0 Å². The molecule has 8 heteroatoms. The summed E-state index contributed by atoms with van der Waals surface area (Å²) in [7, 11) is 1.92. The monoisotopic (exact) mass is 441 g/mol. The van der Waals surface area contributed by atoms with Crippen molar-refractivity contribution in [1.82, 2.24) is 25.2 Å². The van der Waals surface area contributed by atoms with E-state index in [4.69, 9.17) is 4.52 Å². The first kappa shape index (κ1) is 22.6. The van der Waals surface area contributed by atoms with Crippen LogP contribution in [0, 0.1) is 13.8 Å². The fraction of sp³-hybridized carbons (Fsp3) is 0.667. The first-order valence-corrected chi connectivity index (χ1v) is 12.0. The van der Waals surface area contributed by atoms with Gasteiger partial charge in [-0.15, -0.1) is 0 Å². The maximum absolute atomic E-state index is 13.3. The molecule has 1 aliphatic carbocycles. The molecule has 2 fully saturated rings. The molecule has 2 aliphatic rings. The zero-order chi connectivity index (χ0) is 22.7. The van der Waals surface area contributed by atoms with Gasteiger partial charge in [-0.2, -0.15) is 5.10 Å². The highest BCUT2D eigenvalue weighted by Crippen LogP contribution is 2.30. The van der Waals surface area contributed by atoms with E-state index in [2.05, 4.69) is 15.4 Å².